The molecule has 0 atom stereocenters. The summed E-state index contributed by atoms with van der Waals surface area (Å²) in [5.41, 5.74) is 5.78. The maximum absolute atomic E-state index is 13.6. The topological polar surface area (TPSA) is 83.4 Å². The van der Waals surface area contributed by atoms with E-state index in [1.165, 1.54) is 4.90 Å². The van der Waals surface area contributed by atoms with Gasteiger partial charge in [0.1, 0.15) is 12.1 Å². The standard InChI is InChI=1S/C30H26N4O3S/c1-18-8-11-22(12-9-18)31-27(35)17-33-16-21(23-6-4-5-7-26(23)33)15-24-28(36)32-30(38)34(29(24)37)25-13-10-19(2)14-20(25)3/h4-16H,17H2,1-3H3,(H,31,35)(H,32,36,38)/b24-15+. The van der Waals surface area contributed by atoms with Crippen molar-refractivity contribution in [2.45, 2.75) is 27.3 Å². The lowest BCUT2D eigenvalue weighted by molar-refractivity contribution is -0.122. The number of fused-ring (bicyclic) bond motifs is 1. The predicted octanol–water partition coefficient (Wildman–Crippen LogP) is 5.04. The third-order valence-electron chi connectivity index (χ3n) is 6.46. The molecule has 1 aliphatic heterocycles. The molecule has 1 aromatic heterocycles. The van der Waals surface area contributed by atoms with E-state index in [1.54, 1.807) is 12.3 Å². The minimum Gasteiger partial charge on any atom is -0.337 e. The third-order valence-corrected chi connectivity index (χ3v) is 6.75. The number of carbonyl (C=O) groups excluding carboxylic acids is 3. The normalized spacial score (nSPS) is 14.8. The number of hydrogen-bond donors (Lipinski definition) is 2. The number of aryl methyl sites for hydroxylation is 3. The molecule has 0 spiro atoms. The Bertz CT molecular complexity index is 1650. The first kappa shape index (κ1) is 25.1. The van der Waals surface area contributed by atoms with E-state index in [1.807, 2.05) is 92.1 Å². The summed E-state index contributed by atoms with van der Waals surface area (Å²) in [4.78, 5) is 40.6. The molecule has 2 N–H and O–H groups in total. The molecule has 8 heteroatoms. The Kier molecular flexibility index (Phi) is 6.65. The van der Waals surface area contributed by atoms with Gasteiger partial charge in [-0.05, 0) is 68.9 Å². The Labute approximate surface area is 225 Å². The zero-order valence-electron chi connectivity index (χ0n) is 21.2. The molecule has 1 saturated heterocycles. The fourth-order valence-electron chi connectivity index (χ4n) is 4.60. The average Bonchev–Trinajstić information content (AvgIpc) is 3.21. The van der Waals surface area contributed by atoms with Gasteiger partial charge >= 0.3 is 0 Å². The largest absolute Gasteiger partial charge is 0.337 e. The Hall–Kier alpha value is -4.56. The van der Waals surface area contributed by atoms with Gasteiger partial charge in [-0.25, -0.2) is 0 Å². The van der Waals surface area contributed by atoms with Crippen molar-refractivity contribution in [1.82, 2.24) is 9.88 Å². The molecule has 0 unspecified atom stereocenters. The summed E-state index contributed by atoms with van der Waals surface area (Å²) in [5.74, 6) is -1.25. The fourth-order valence-corrected chi connectivity index (χ4v) is 4.88. The lowest BCUT2D eigenvalue weighted by Crippen LogP contribution is -2.54. The average molecular weight is 523 g/mol. The fraction of sp³-hybridized carbons (Fsp3) is 0.133. The molecular formula is C30H26N4O3S. The number of aromatic nitrogens is 1. The molecule has 2 heterocycles. The molecule has 0 saturated carbocycles. The van der Waals surface area contributed by atoms with E-state index in [4.69, 9.17) is 12.2 Å². The number of para-hydroxylation sites is 1. The van der Waals surface area contributed by atoms with Gasteiger partial charge in [0.25, 0.3) is 11.8 Å². The summed E-state index contributed by atoms with van der Waals surface area (Å²) < 4.78 is 1.81. The number of anilines is 2. The van der Waals surface area contributed by atoms with Crippen LogP contribution in [0.1, 0.15) is 22.3 Å². The van der Waals surface area contributed by atoms with E-state index in [0.717, 1.165) is 27.6 Å². The molecule has 5 rings (SSSR count). The van der Waals surface area contributed by atoms with Crippen LogP contribution in [0, 0.1) is 20.8 Å². The second kappa shape index (κ2) is 10.1. The second-order valence-corrected chi connectivity index (χ2v) is 9.78. The summed E-state index contributed by atoms with van der Waals surface area (Å²) in [7, 11) is 0. The van der Waals surface area contributed by atoms with E-state index in [9.17, 15) is 14.4 Å². The number of nitrogens with zero attached hydrogens (tertiary/aromatic N) is 2. The van der Waals surface area contributed by atoms with Crippen LogP contribution in [0.25, 0.3) is 17.0 Å². The third kappa shape index (κ3) is 4.86. The number of hydrogen-bond acceptors (Lipinski definition) is 4. The molecular weight excluding hydrogens is 496 g/mol. The van der Waals surface area contributed by atoms with Gasteiger partial charge in [-0.1, -0.05) is 53.6 Å². The maximum Gasteiger partial charge on any atom is 0.270 e. The lowest BCUT2D eigenvalue weighted by Gasteiger charge is -2.30. The van der Waals surface area contributed by atoms with Crippen molar-refractivity contribution in [2.75, 3.05) is 10.2 Å². The van der Waals surface area contributed by atoms with E-state index in [2.05, 4.69) is 10.6 Å². The molecule has 7 nitrogen and oxygen atoms in total. The SMILES string of the molecule is Cc1ccc(NC(=O)Cn2cc(/C=C3\C(=O)NC(=S)N(c4ccc(C)cc4C)C3=O)c3ccccc32)cc1. The van der Waals surface area contributed by atoms with Gasteiger partial charge in [0, 0.05) is 28.4 Å². The Balaban J connectivity index is 1.49. The highest BCUT2D eigenvalue weighted by Crippen LogP contribution is 2.28. The minimum absolute atomic E-state index is 0.0365. The zero-order chi connectivity index (χ0) is 27.0. The van der Waals surface area contributed by atoms with Crippen LogP contribution in [-0.2, 0) is 20.9 Å². The quantitative estimate of drug-likeness (QED) is 0.219. The van der Waals surface area contributed by atoms with Crippen LogP contribution in [0.3, 0.4) is 0 Å². The van der Waals surface area contributed by atoms with Crippen molar-refractivity contribution in [2.24, 2.45) is 0 Å². The molecule has 190 valence electrons. The highest BCUT2D eigenvalue weighted by Gasteiger charge is 2.35. The molecule has 0 bridgehead atoms. The van der Waals surface area contributed by atoms with Crippen molar-refractivity contribution in [3.05, 3.63) is 101 Å². The Morgan fingerprint density at radius 1 is 0.974 bits per heavy atom. The monoisotopic (exact) mass is 522 g/mol. The molecule has 0 radical (unpaired) electrons. The van der Waals surface area contributed by atoms with Gasteiger partial charge < -0.3 is 9.88 Å². The first-order chi connectivity index (χ1) is 18.2. The number of amides is 3. The summed E-state index contributed by atoms with van der Waals surface area (Å²) >= 11 is 5.36. The van der Waals surface area contributed by atoms with Crippen LogP contribution in [0.5, 0.6) is 0 Å². The van der Waals surface area contributed by atoms with E-state index < -0.39 is 11.8 Å². The summed E-state index contributed by atoms with van der Waals surface area (Å²) in [6, 6.07) is 20.8. The summed E-state index contributed by atoms with van der Waals surface area (Å²) in [6.07, 6.45) is 3.34. The van der Waals surface area contributed by atoms with Gasteiger partial charge in [0.15, 0.2) is 5.11 Å². The van der Waals surface area contributed by atoms with Gasteiger partial charge in [0.05, 0.1) is 5.69 Å². The van der Waals surface area contributed by atoms with Gasteiger partial charge in [-0.2, -0.15) is 0 Å². The molecule has 4 aromatic rings. The van der Waals surface area contributed by atoms with Crippen LogP contribution >= 0.6 is 12.2 Å². The number of nitrogens with one attached hydrogen (secondary N) is 2. The van der Waals surface area contributed by atoms with Crippen LogP contribution in [0.15, 0.2) is 78.5 Å². The minimum atomic E-state index is -0.560. The smallest absolute Gasteiger partial charge is 0.270 e. The molecule has 3 aromatic carbocycles. The predicted molar refractivity (Wildman–Crippen MR) is 154 cm³/mol. The van der Waals surface area contributed by atoms with Gasteiger partial charge in [0.2, 0.25) is 5.91 Å². The van der Waals surface area contributed by atoms with Crippen molar-refractivity contribution in [1.29, 1.82) is 0 Å². The van der Waals surface area contributed by atoms with E-state index in [-0.39, 0.29) is 23.1 Å². The summed E-state index contributed by atoms with van der Waals surface area (Å²) in [6.45, 7) is 5.92. The van der Waals surface area contributed by atoms with E-state index >= 15 is 0 Å². The molecule has 3 amide bonds. The van der Waals surface area contributed by atoms with Gasteiger partial charge in [-0.3, -0.25) is 24.6 Å². The second-order valence-electron chi connectivity index (χ2n) is 9.39. The van der Waals surface area contributed by atoms with E-state index in [0.29, 0.717) is 16.9 Å². The summed E-state index contributed by atoms with van der Waals surface area (Å²) in [5, 5.41) is 6.41. The first-order valence-electron chi connectivity index (χ1n) is 12.1. The highest BCUT2D eigenvalue weighted by molar-refractivity contribution is 7.80. The molecule has 1 fully saturated rings. The van der Waals surface area contributed by atoms with Gasteiger partial charge in [-0.15, -0.1) is 0 Å². The van der Waals surface area contributed by atoms with Crippen LogP contribution in [0.2, 0.25) is 0 Å². The van der Waals surface area contributed by atoms with Crippen LogP contribution < -0.4 is 15.5 Å². The van der Waals surface area contributed by atoms with Crippen LogP contribution in [0.4, 0.5) is 11.4 Å². The maximum atomic E-state index is 13.6. The number of thiocarbonyl (C=S) groups is 1. The lowest BCUT2D eigenvalue weighted by atomic mass is 10.0. The Morgan fingerprint density at radius 2 is 1.68 bits per heavy atom. The molecule has 0 aliphatic carbocycles. The molecule has 1 aliphatic rings. The number of carbonyl (C=O) groups is 3. The molecule has 38 heavy (non-hydrogen) atoms. The highest BCUT2D eigenvalue weighted by atomic mass is 32.1. The van der Waals surface area contributed by atoms with Crippen molar-refractivity contribution < 1.29 is 14.4 Å². The van der Waals surface area contributed by atoms with Crippen molar-refractivity contribution in [3.8, 4) is 0 Å². The Morgan fingerprint density at radius 3 is 2.42 bits per heavy atom. The zero-order valence-corrected chi connectivity index (χ0v) is 22.1. The van der Waals surface area contributed by atoms with Crippen molar-refractivity contribution >= 4 is 63.4 Å². The number of benzene rings is 3. The van der Waals surface area contributed by atoms with Crippen molar-refractivity contribution in [3.63, 3.8) is 0 Å². The first-order valence-corrected chi connectivity index (χ1v) is 12.5. The van der Waals surface area contributed by atoms with Crippen LogP contribution in [-0.4, -0.2) is 27.4 Å². The number of rotatable bonds is 5.